The summed E-state index contributed by atoms with van der Waals surface area (Å²) >= 11 is 0. The van der Waals surface area contributed by atoms with E-state index < -0.39 is 0 Å². The van der Waals surface area contributed by atoms with Crippen LogP contribution in [0.1, 0.15) is 24.8 Å². The summed E-state index contributed by atoms with van der Waals surface area (Å²) in [5.41, 5.74) is 1.89. The van der Waals surface area contributed by atoms with E-state index in [1.807, 2.05) is 36.1 Å². The number of nitrogens with one attached hydrogen (secondary N) is 1. The van der Waals surface area contributed by atoms with Crippen LogP contribution >= 0.6 is 0 Å². The van der Waals surface area contributed by atoms with E-state index in [1.165, 1.54) is 0 Å². The molecule has 4 nitrogen and oxygen atoms in total. The van der Waals surface area contributed by atoms with Gasteiger partial charge in [-0.2, -0.15) is 5.26 Å². The largest absolute Gasteiger partial charge is 0.325 e. The third-order valence-corrected chi connectivity index (χ3v) is 3.53. The Morgan fingerprint density at radius 3 is 3.00 bits per heavy atom. The molecular formula is C15H19N3O. The summed E-state index contributed by atoms with van der Waals surface area (Å²) in [6.45, 7) is 3.10. The Morgan fingerprint density at radius 2 is 2.26 bits per heavy atom. The number of rotatable bonds is 3. The van der Waals surface area contributed by atoms with Crippen molar-refractivity contribution in [3.8, 4) is 6.07 Å². The Kier molecular flexibility index (Phi) is 4.53. The van der Waals surface area contributed by atoms with Gasteiger partial charge in [0.25, 0.3) is 0 Å². The molecule has 0 saturated carbocycles. The molecular weight excluding hydrogens is 238 g/mol. The Bertz CT molecular complexity index is 492. The average molecular weight is 257 g/mol. The van der Waals surface area contributed by atoms with E-state index in [1.54, 1.807) is 0 Å². The molecule has 1 atom stereocenters. The molecule has 0 bridgehead atoms. The molecule has 0 radical (unpaired) electrons. The van der Waals surface area contributed by atoms with E-state index in [0.29, 0.717) is 6.54 Å². The number of likely N-dealkylation sites (tertiary alicyclic amines) is 1. The van der Waals surface area contributed by atoms with Crippen LogP contribution in [0.5, 0.6) is 0 Å². The maximum absolute atomic E-state index is 12.0. The highest BCUT2D eigenvalue weighted by Gasteiger charge is 2.23. The number of amides is 1. The van der Waals surface area contributed by atoms with Crippen molar-refractivity contribution in [2.75, 3.05) is 18.4 Å². The number of piperidine rings is 1. The number of hydrogen-bond acceptors (Lipinski definition) is 3. The van der Waals surface area contributed by atoms with Crippen molar-refractivity contribution in [2.45, 2.75) is 32.2 Å². The molecule has 1 unspecified atom stereocenters. The van der Waals surface area contributed by atoms with Crippen molar-refractivity contribution in [1.29, 1.82) is 5.26 Å². The topological polar surface area (TPSA) is 56.1 Å². The Balaban J connectivity index is 1.94. The fourth-order valence-corrected chi connectivity index (χ4v) is 2.41. The van der Waals surface area contributed by atoms with E-state index in [0.717, 1.165) is 37.1 Å². The zero-order valence-electron chi connectivity index (χ0n) is 11.2. The molecule has 1 heterocycles. The summed E-state index contributed by atoms with van der Waals surface area (Å²) in [4.78, 5) is 14.0. The van der Waals surface area contributed by atoms with Gasteiger partial charge < -0.3 is 5.32 Å². The summed E-state index contributed by atoms with van der Waals surface area (Å²) in [6.07, 6.45) is 3.01. The molecule has 1 aromatic carbocycles. The third-order valence-electron chi connectivity index (χ3n) is 3.53. The lowest BCUT2D eigenvalue weighted by Gasteiger charge is -2.30. The first kappa shape index (κ1) is 13.6. The predicted octanol–water partition coefficient (Wildman–Crippen LogP) is 2.31. The van der Waals surface area contributed by atoms with Gasteiger partial charge >= 0.3 is 0 Å². The minimum absolute atomic E-state index is 0.0450. The van der Waals surface area contributed by atoms with Crippen LogP contribution in [0.4, 0.5) is 5.69 Å². The summed E-state index contributed by atoms with van der Waals surface area (Å²) in [7, 11) is 0. The van der Waals surface area contributed by atoms with E-state index in [-0.39, 0.29) is 11.9 Å². The molecule has 1 fully saturated rings. The van der Waals surface area contributed by atoms with Crippen molar-refractivity contribution in [2.24, 2.45) is 0 Å². The number of aryl methyl sites for hydroxylation is 1. The predicted molar refractivity (Wildman–Crippen MR) is 74.6 cm³/mol. The number of carbonyl (C=O) groups is 1. The van der Waals surface area contributed by atoms with Crippen LogP contribution in [0.2, 0.25) is 0 Å². The van der Waals surface area contributed by atoms with Crippen LogP contribution in [0, 0.1) is 18.3 Å². The van der Waals surface area contributed by atoms with Crippen LogP contribution in [0.25, 0.3) is 0 Å². The number of hydrogen-bond donors (Lipinski definition) is 1. The Hall–Kier alpha value is -1.86. The molecule has 1 aliphatic heterocycles. The lowest BCUT2D eigenvalue weighted by Crippen LogP contribution is -2.43. The molecule has 1 saturated heterocycles. The number of para-hydroxylation sites is 1. The Labute approximate surface area is 114 Å². The second-order valence-corrected chi connectivity index (χ2v) is 4.97. The smallest absolute Gasteiger partial charge is 0.238 e. The van der Waals surface area contributed by atoms with Crippen LogP contribution in [-0.4, -0.2) is 29.9 Å². The summed E-state index contributed by atoms with van der Waals surface area (Å²) in [5.74, 6) is -0.0450. The first-order valence-electron chi connectivity index (χ1n) is 6.70. The number of nitrogens with zero attached hydrogens (tertiary/aromatic N) is 2. The lowest BCUT2D eigenvalue weighted by molar-refractivity contribution is -0.117. The molecule has 0 aliphatic carbocycles. The third kappa shape index (κ3) is 3.55. The van der Waals surface area contributed by atoms with E-state index in [4.69, 9.17) is 5.26 Å². The van der Waals surface area contributed by atoms with Crippen molar-refractivity contribution < 1.29 is 4.79 Å². The molecule has 1 N–H and O–H groups in total. The number of nitriles is 1. The van der Waals surface area contributed by atoms with Crippen molar-refractivity contribution >= 4 is 11.6 Å². The van der Waals surface area contributed by atoms with Gasteiger partial charge in [0, 0.05) is 5.69 Å². The zero-order valence-corrected chi connectivity index (χ0v) is 11.2. The summed E-state index contributed by atoms with van der Waals surface area (Å²) < 4.78 is 0. The molecule has 2 rings (SSSR count). The second kappa shape index (κ2) is 6.35. The maximum Gasteiger partial charge on any atom is 0.238 e. The van der Waals surface area contributed by atoms with Crippen molar-refractivity contribution in [1.82, 2.24) is 4.90 Å². The molecule has 0 spiro atoms. The minimum atomic E-state index is -0.114. The molecule has 4 heteroatoms. The summed E-state index contributed by atoms with van der Waals surface area (Å²) in [5, 5.41) is 12.0. The van der Waals surface area contributed by atoms with Crippen LogP contribution < -0.4 is 5.32 Å². The first-order valence-corrected chi connectivity index (χ1v) is 6.70. The van der Waals surface area contributed by atoms with Gasteiger partial charge in [-0.05, 0) is 44.4 Å². The molecule has 1 aliphatic rings. The van der Waals surface area contributed by atoms with Gasteiger partial charge in [0.05, 0.1) is 18.7 Å². The van der Waals surface area contributed by atoms with Crippen LogP contribution in [0.15, 0.2) is 24.3 Å². The monoisotopic (exact) mass is 257 g/mol. The number of anilines is 1. The lowest BCUT2D eigenvalue weighted by atomic mass is 10.0. The van der Waals surface area contributed by atoms with Crippen LogP contribution in [-0.2, 0) is 4.79 Å². The van der Waals surface area contributed by atoms with Crippen molar-refractivity contribution in [3.05, 3.63) is 29.8 Å². The number of benzene rings is 1. The van der Waals surface area contributed by atoms with E-state index >= 15 is 0 Å². The zero-order chi connectivity index (χ0) is 13.7. The summed E-state index contributed by atoms with van der Waals surface area (Å²) in [6, 6.07) is 9.88. The van der Waals surface area contributed by atoms with Gasteiger partial charge in [-0.15, -0.1) is 0 Å². The minimum Gasteiger partial charge on any atom is -0.325 e. The highest BCUT2D eigenvalue weighted by molar-refractivity contribution is 5.93. The maximum atomic E-state index is 12.0. The van der Waals surface area contributed by atoms with Crippen molar-refractivity contribution in [3.63, 3.8) is 0 Å². The fourth-order valence-electron chi connectivity index (χ4n) is 2.41. The van der Waals surface area contributed by atoms with Crippen LogP contribution in [0.3, 0.4) is 0 Å². The highest BCUT2D eigenvalue weighted by Crippen LogP contribution is 2.17. The first-order chi connectivity index (χ1) is 9.20. The normalized spacial score (nSPS) is 19.7. The van der Waals surface area contributed by atoms with Gasteiger partial charge in [-0.1, -0.05) is 18.2 Å². The molecule has 0 aromatic heterocycles. The van der Waals surface area contributed by atoms with Gasteiger partial charge in [-0.25, -0.2) is 0 Å². The molecule has 19 heavy (non-hydrogen) atoms. The quantitative estimate of drug-likeness (QED) is 0.904. The van der Waals surface area contributed by atoms with Gasteiger partial charge in [-0.3, -0.25) is 9.69 Å². The average Bonchev–Trinajstić information content (AvgIpc) is 2.42. The second-order valence-electron chi connectivity index (χ2n) is 4.97. The van der Waals surface area contributed by atoms with Gasteiger partial charge in [0.2, 0.25) is 5.91 Å². The number of carbonyl (C=O) groups excluding carboxylic acids is 1. The van der Waals surface area contributed by atoms with E-state index in [9.17, 15) is 4.79 Å². The highest BCUT2D eigenvalue weighted by atomic mass is 16.2. The SMILES string of the molecule is Cc1ccccc1NC(=O)CN1CCCCC1C#N. The molecule has 1 aromatic rings. The Morgan fingerprint density at radius 1 is 1.47 bits per heavy atom. The van der Waals surface area contributed by atoms with Gasteiger partial charge in [0.15, 0.2) is 0 Å². The fraction of sp³-hybridized carbons (Fsp3) is 0.467. The van der Waals surface area contributed by atoms with E-state index in [2.05, 4.69) is 11.4 Å². The standard InChI is InChI=1S/C15H19N3O/c1-12-6-2-3-8-14(12)17-15(19)11-18-9-5-4-7-13(18)10-16/h2-3,6,8,13H,4-5,7,9,11H2,1H3,(H,17,19). The van der Waals surface area contributed by atoms with Gasteiger partial charge in [0.1, 0.15) is 0 Å². The molecule has 1 amide bonds. The molecule has 100 valence electrons.